The number of aliphatic hydroxyl groups excluding tert-OH is 1. The van der Waals surface area contributed by atoms with Crippen molar-refractivity contribution in [2.24, 2.45) is 0 Å². The molecule has 0 saturated carbocycles. The standard InChI is InChI=1S/C2H6O.Tl/c1-2-3;/h3H,2H2,1H3;/q;+1. The summed E-state index contributed by atoms with van der Waals surface area (Å²) in [7, 11) is 0. The van der Waals surface area contributed by atoms with Gasteiger partial charge in [0.15, 0.2) is 0 Å². The van der Waals surface area contributed by atoms with Crippen LogP contribution in [-0.2, 0) is 0 Å². The molecule has 0 aliphatic carbocycles. The predicted molar refractivity (Wildman–Crippen MR) is 18.5 cm³/mol. The Kier molecular flexibility index (Phi) is 20.2. The van der Waals surface area contributed by atoms with Gasteiger partial charge in [-0.25, -0.2) is 0 Å². The maximum Gasteiger partial charge on any atom is 1.00 e. The smallest absolute Gasteiger partial charge is 0.397 e. The van der Waals surface area contributed by atoms with Crippen molar-refractivity contribution >= 4 is 27.3 Å². The molecule has 0 atom stereocenters. The molecule has 0 aliphatic heterocycles. The van der Waals surface area contributed by atoms with E-state index in [9.17, 15) is 0 Å². The van der Waals surface area contributed by atoms with Gasteiger partial charge in [0.25, 0.3) is 0 Å². The Bertz CT molecular complexity index is 6.00. The molecule has 4 heavy (non-hydrogen) atoms. The zero-order chi connectivity index (χ0) is 2.71. The van der Waals surface area contributed by atoms with Crippen molar-refractivity contribution in [1.82, 2.24) is 0 Å². The van der Waals surface area contributed by atoms with Crippen molar-refractivity contribution in [1.29, 1.82) is 0 Å². The molecule has 0 saturated heterocycles. The normalized spacial score (nSPS) is 4.50. The van der Waals surface area contributed by atoms with Gasteiger partial charge in [-0.2, -0.15) is 0 Å². The first kappa shape index (κ1) is 8.86. The topological polar surface area (TPSA) is 20.2 Å². The molecule has 22 valence electrons. The Hall–Kier alpha value is 0.882. The SMILES string of the molecule is CCO.[Tl+]. The Morgan fingerprint density at radius 1 is 1.75 bits per heavy atom. The summed E-state index contributed by atoms with van der Waals surface area (Å²) < 4.78 is 0. The Balaban J connectivity index is 0. The summed E-state index contributed by atoms with van der Waals surface area (Å²) in [6.45, 7) is 1.93. The Morgan fingerprint density at radius 3 is 1.75 bits per heavy atom. The van der Waals surface area contributed by atoms with E-state index < -0.39 is 0 Å². The molecule has 1 N–H and O–H groups in total. The van der Waals surface area contributed by atoms with Crippen LogP contribution in [0, 0.1) is 0 Å². The van der Waals surface area contributed by atoms with Crippen LogP contribution in [0.3, 0.4) is 0 Å². The summed E-state index contributed by atoms with van der Waals surface area (Å²) in [5.74, 6) is 0. The molecule has 0 rings (SSSR count). The number of hydrogen-bond acceptors (Lipinski definition) is 1. The summed E-state index contributed by atoms with van der Waals surface area (Å²) in [5.41, 5.74) is 0. The van der Waals surface area contributed by atoms with Crippen LogP contribution >= 0.6 is 0 Å². The summed E-state index contributed by atoms with van der Waals surface area (Å²) in [5, 5.41) is 7.57. The molecule has 0 heterocycles. The molecule has 0 aromatic heterocycles. The number of rotatable bonds is 0. The van der Waals surface area contributed by atoms with Crippen LogP contribution in [0.1, 0.15) is 6.92 Å². The molecule has 1 nitrogen and oxygen atoms in total. The van der Waals surface area contributed by atoms with Crippen molar-refractivity contribution in [3.63, 3.8) is 0 Å². The summed E-state index contributed by atoms with van der Waals surface area (Å²) >= 11 is 0. The first-order valence-electron chi connectivity index (χ1n) is 1.02. The van der Waals surface area contributed by atoms with Gasteiger partial charge < -0.3 is 5.11 Å². The molecule has 0 aromatic rings. The first-order chi connectivity index (χ1) is 1.41. The van der Waals surface area contributed by atoms with Crippen LogP contribution in [0.4, 0.5) is 0 Å². The molecule has 0 unspecified atom stereocenters. The minimum Gasteiger partial charge on any atom is -0.397 e. The van der Waals surface area contributed by atoms with Crippen LogP contribution in [-0.4, -0.2) is 39.0 Å². The molecule has 0 aliphatic rings. The van der Waals surface area contributed by atoms with Crippen LogP contribution in [0.25, 0.3) is 0 Å². The van der Waals surface area contributed by atoms with E-state index in [2.05, 4.69) is 0 Å². The van der Waals surface area contributed by atoms with Gasteiger partial charge in [0.05, 0.1) is 0 Å². The van der Waals surface area contributed by atoms with Crippen molar-refractivity contribution in [2.45, 2.75) is 6.92 Å². The Morgan fingerprint density at radius 2 is 1.75 bits per heavy atom. The van der Waals surface area contributed by atoms with E-state index >= 15 is 0 Å². The van der Waals surface area contributed by atoms with Crippen molar-refractivity contribution < 1.29 is 5.11 Å². The van der Waals surface area contributed by atoms with Gasteiger partial charge in [-0.15, -0.1) is 0 Å². The van der Waals surface area contributed by atoms with E-state index in [0.717, 1.165) is 0 Å². The summed E-state index contributed by atoms with van der Waals surface area (Å²) in [6, 6.07) is 0. The predicted octanol–water partition coefficient (Wildman–Crippen LogP) is -0.382. The maximum absolute atomic E-state index is 7.57. The van der Waals surface area contributed by atoms with E-state index in [4.69, 9.17) is 5.11 Å². The first-order valence-corrected chi connectivity index (χ1v) is 1.02. The van der Waals surface area contributed by atoms with Crippen LogP contribution < -0.4 is 0 Å². The molecule has 0 fully saturated rings. The third kappa shape index (κ3) is 13.1. The fourth-order valence-electron chi connectivity index (χ4n) is 0. The molecular weight excluding hydrogens is 244 g/mol. The molecule has 2 heteroatoms. The monoisotopic (exact) mass is 251 g/mol. The minimum absolute atomic E-state index is 0. The molecular formula is C2H6OTl+. The van der Waals surface area contributed by atoms with E-state index in [1.165, 1.54) is 0 Å². The van der Waals surface area contributed by atoms with Crippen LogP contribution in [0.5, 0.6) is 0 Å². The third-order valence-electron chi connectivity index (χ3n) is 0. The van der Waals surface area contributed by atoms with Crippen molar-refractivity contribution in [3.05, 3.63) is 0 Å². The molecule has 0 bridgehead atoms. The maximum atomic E-state index is 7.57. The van der Waals surface area contributed by atoms with Gasteiger partial charge in [-0.3, -0.25) is 0 Å². The van der Waals surface area contributed by atoms with Crippen LogP contribution in [0.15, 0.2) is 0 Å². The van der Waals surface area contributed by atoms with Gasteiger partial charge in [0.1, 0.15) is 0 Å². The van der Waals surface area contributed by atoms with E-state index in [1.54, 1.807) is 6.92 Å². The minimum atomic E-state index is 0. The zero-order valence-electron chi connectivity index (χ0n) is 2.73. The van der Waals surface area contributed by atoms with E-state index in [0.29, 0.717) is 0 Å². The largest absolute Gasteiger partial charge is 1.00 e. The summed E-state index contributed by atoms with van der Waals surface area (Å²) in [6.07, 6.45) is 0. The second-order valence-electron chi connectivity index (χ2n) is 0.316. The second kappa shape index (κ2) is 9.10. The fourth-order valence-corrected chi connectivity index (χ4v) is 0. The third-order valence-corrected chi connectivity index (χ3v) is 0. The molecule has 0 amide bonds. The van der Waals surface area contributed by atoms with Gasteiger partial charge in [0.2, 0.25) is 0 Å². The Labute approximate surface area is 46.2 Å². The van der Waals surface area contributed by atoms with Gasteiger partial charge in [0, 0.05) is 6.61 Å². The number of hydrogen-bond donors (Lipinski definition) is 1. The second-order valence-corrected chi connectivity index (χ2v) is 0.316. The van der Waals surface area contributed by atoms with Gasteiger partial charge in [-0.05, 0) is 6.92 Å². The average Bonchev–Trinajstić information content (AvgIpc) is 0.918. The quantitative estimate of drug-likeness (QED) is 0.581. The molecule has 0 spiro atoms. The van der Waals surface area contributed by atoms with Crippen molar-refractivity contribution in [3.8, 4) is 0 Å². The van der Waals surface area contributed by atoms with Crippen LogP contribution in [0.2, 0.25) is 0 Å². The fraction of sp³-hybridized carbons (Fsp3) is 1.00. The summed E-state index contributed by atoms with van der Waals surface area (Å²) in [4.78, 5) is 0. The average molecular weight is 250 g/mol. The van der Waals surface area contributed by atoms with E-state index in [1.807, 2.05) is 0 Å². The van der Waals surface area contributed by atoms with E-state index in [-0.39, 0.29) is 33.9 Å². The van der Waals surface area contributed by atoms with Gasteiger partial charge >= 0.3 is 27.3 Å². The van der Waals surface area contributed by atoms with Crippen molar-refractivity contribution in [2.75, 3.05) is 6.61 Å². The van der Waals surface area contributed by atoms with Gasteiger partial charge in [-0.1, -0.05) is 0 Å². The molecule has 0 aromatic carbocycles. The zero-order valence-corrected chi connectivity index (χ0v) is 7.22. The number of aliphatic hydroxyl groups is 1. The molecule has 0 radical (unpaired) electrons.